The molecule has 0 amide bonds. The van der Waals surface area contributed by atoms with E-state index in [0.29, 0.717) is 0 Å². The van der Waals surface area contributed by atoms with Gasteiger partial charge >= 0.3 is 178 Å². The van der Waals surface area contributed by atoms with E-state index in [-0.39, 0.29) is 11.1 Å². The molecule has 0 aliphatic carbocycles. The molecule has 0 saturated carbocycles. The summed E-state index contributed by atoms with van der Waals surface area (Å²) in [5.41, 5.74) is -0.687. The Kier molecular flexibility index (Phi) is 7.52. The number of benzene rings is 2. The standard InChI is InChI=1S/2C7H6O6S.Pb/c2*8-7(9)5-3-1-2-4-6(5)13-14(10,11)12;/h2*1-4H,(H,8,9)(H,10,11,12);/q;;+2/p-2. The Labute approximate surface area is 177 Å². The van der Waals surface area contributed by atoms with E-state index in [1.165, 1.54) is 24.3 Å². The summed E-state index contributed by atoms with van der Waals surface area (Å²) in [6, 6.07) is 9.91. The maximum absolute atomic E-state index is 12.1. The van der Waals surface area contributed by atoms with Crippen molar-refractivity contribution in [1.82, 2.24) is 0 Å². The first-order chi connectivity index (χ1) is 13.5. The Morgan fingerprint density at radius 2 is 1.03 bits per heavy atom. The van der Waals surface area contributed by atoms with Crippen molar-refractivity contribution in [3.63, 3.8) is 0 Å². The molecule has 2 N–H and O–H groups in total. The van der Waals surface area contributed by atoms with Gasteiger partial charge in [0.15, 0.2) is 0 Å². The zero-order chi connectivity index (χ0) is 21.7. The van der Waals surface area contributed by atoms with E-state index in [9.17, 15) is 26.4 Å². The molecule has 0 unspecified atom stereocenters. The summed E-state index contributed by atoms with van der Waals surface area (Å²) < 4.78 is 79.0. The van der Waals surface area contributed by atoms with E-state index in [0.717, 1.165) is 24.3 Å². The van der Waals surface area contributed by atoms with Crippen LogP contribution in [0.15, 0.2) is 48.5 Å². The Morgan fingerprint density at radius 3 is 1.38 bits per heavy atom. The number of hydrogen-bond acceptors (Lipinski definition) is 10. The van der Waals surface area contributed by atoms with Crippen molar-refractivity contribution in [3.05, 3.63) is 59.7 Å². The summed E-state index contributed by atoms with van der Waals surface area (Å²) in [4.78, 5) is 24.1. The fourth-order valence-electron chi connectivity index (χ4n) is 1.85. The van der Waals surface area contributed by atoms with Crippen LogP contribution in [0, 0.1) is 0 Å². The number of hydrogen-bond donors (Lipinski definition) is 2. The van der Waals surface area contributed by atoms with Crippen molar-refractivity contribution in [1.29, 1.82) is 0 Å². The van der Waals surface area contributed by atoms with Gasteiger partial charge in [-0.25, -0.2) is 0 Å². The van der Waals surface area contributed by atoms with Crippen LogP contribution in [0.25, 0.3) is 0 Å². The molecule has 0 heterocycles. The van der Waals surface area contributed by atoms with Gasteiger partial charge in [-0.2, -0.15) is 0 Å². The number of rotatable bonds is 8. The fraction of sp³-hybridized carbons (Fsp3) is 0. The maximum atomic E-state index is 12.1. The second-order valence-electron chi connectivity index (χ2n) is 4.88. The van der Waals surface area contributed by atoms with Crippen LogP contribution < -0.4 is 8.37 Å². The van der Waals surface area contributed by atoms with Crippen LogP contribution in [0.1, 0.15) is 20.7 Å². The minimum atomic E-state index is -4.88. The summed E-state index contributed by atoms with van der Waals surface area (Å²) >= 11 is -2.87. The summed E-state index contributed by atoms with van der Waals surface area (Å²) in [5.74, 6) is -3.13. The topological polar surface area (TPSA) is 180 Å². The molecule has 0 aliphatic heterocycles. The molecule has 0 bridgehead atoms. The average molecular weight is 642 g/mol. The van der Waals surface area contributed by atoms with E-state index in [1.807, 2.05) is 0 Å². The Balaban J connectivity index is 2.05. The van der Waals surface area contributed by atoms with E-state index < -0.39 is 69.4 Å². The minimum absolute atomic E-state index is 0.344. The Bertz CT molecular complexity index is 1040. The van der Waals surface area contributed by atoms with Gasteiger partial charge in [0.05, 0.1) is 0 Å². The molecule has 0 aliphatic rings. The first kappa shape index (κ1) is 23.0. The van der Waals surface area contributed by atoms with Gasteiger partial charge in [-0.05, 0) is 0 Å². The molecule has 29 heavy (non-hydrogen) atoms. The van der Waals surface area contributed by atoms with Crippen LogP contribution in [-0.2, 0) is 26.2 Å². The van der Waals surface area contributed by atoms with E-state index in [4.69, 9.17) is 14.5 Å². The summed E-state index contributed by atoms with van der Waals surface area (Å²) in [5, 5.41) is 0. The van der Waals surface area contributed by atoms with Crippen molar-refractivity contribution >= 4 is 57.9 Å². The Morgan fingerprint density at radius 1 is 0.690 bits per heavy atom. The van der Waals surface area contributed by atoms with Gasteiger partial charge in [0.1, 0.15) is 0 Å². The van der Waals surface area contributed by atoms with E-state index in [2.05, 4.69) is 8.37 Å². The molecule has 0 aromatic heterocycles. The van der Waals surface area contributed by atoms with Crippen molar-refractivity contribution in [2.75, 3.05) is 0 Å². The molecule has 0 fully saturated rings. The second kappa shape index (κ2) is 9.48. The normalized spacial score (nSPS) is 11.4. The molecule has 12 nitrogen and oxygen atoms in total. The summed E-state index contributed by atoms with van der Waals surface area (Å²) in [7, 11) is -9.77. The zero-order valence-electron chi connectivity index (χ0n) is 13.9. The van der Waals surface area contributed by atoms with Crippen molar-refractivity contribution in [3.8, 4) is 11.5 Å². The quantitative estimate of drug-likeness (QED) is 0.303. The van der Waals surface area contributed by atoms with Crippen LogP contribution >= 0.6 is 0 Å². The van der Waals surface area contributed by atoms with Gasteiger partial charge in [-0.15, -0.1) is 0 Å². The SMILES string of the molecule is O=C([O][Pb][O]C(=O)c1ccccc1OS(=O)(=O)O)c1ccccc1OS(=O)(=O)O. The summed E-state index contributed by atoms with van der Waals surface area (Å²) in [6.07, 6.45) is 0. The van der Waals surface area contributed by atoms with E-state index in [1.54, 1.807) is 0 Å². The van der Waals surface area contributed by atoms with Gasteiger partial charge in [-0.1, -0.05) is 0 Å². The van der Waals surface area contributed by atoms with Crippen molar-refractivity contribution in [2.45, 2.75) is 0 Å². The monoisotopic (exact) mass is 642 g/mol. The van der Waals surface area contributed by atoms with E-state index >= 15 is 0 Å². The third kappa shape index (κ3) is 7.57. The predicted octanol–water partition coefficient (Wildman–Crippen LogP) is 0.598. The zero-order valence-corrected chi connectivity index (χ0v) is 19.4. The fourth-order valence-corrected chi connectivity index (χ4v) is 4.20. The van der Waals surface area contributed by atoms with Crippen LogP contribution in [-0.4, -0.2) is 63.0 Å². The molecular formula is C14H10O12PbS2. The molecular weight excluding hydrogens is 631 g/mol. The van der Waals surface area contributed by atoms with Gasteiger partial charge in [-0.3, -0.25) is 0 Å². The molecule has 15 heteroatoms. The van der Waals surface area contributed by atoms with Crippen LogP contribution in [0.5, 0.6) is 11.5 Å². The van der Waals surface area contributed by atoms with Crippen LogP contribution in [0.2, 0.25) is 0 Å². The second-order valence-corrected chi connectivity index (χ2v) is 9.16. The molecule has 2 radical (unpaired) electrons. The van der Waals surface area contributed by atoms with Crippen molar-refractivity contribution in [2.24, 2.45) is 0 Å². The van der Waals surface area contributed by atoms with Crippen molar-refractivity contribution < 1.29 is 49.3 Å². The molecule has 0 spiro atoms. The van der Waals surface area contributed by atoms with Gasteiger partial charge in [0, 0.05) is 0 Å². The molecule has 0 saturated heterocycles. The van der Waals surface area contributed by atoms with Gasteiger partial charge in [0.2, 0.25) is 0 Å². The molecule has 0 atom stereocenters. The first-order valence-corrected chi connectivity index (χ1v) is 13.1. The van der Waals surface area contributed by atoms with Gasteiger partial charge < -0.3 is 0 Å². The number of carbonyl (C=O) groups excluding carboxylic acids is 2. The molecule has 2 aromatic carbocycles. The third-order valence-corrected chi connectivity index (χ3v) is 5.74. The predicted molar refractivity (Wildman–Crippen MR) is 93.8 cm³/mol. The number of para-hydroxylation sites is 2. The van der Waals surface area contributed by atoms with Crippen LogP contribution in [0.4, 0.5) is 0 Å². The number of carbonyl (C=O) groups is 2. The first-order valence-electron chi connectivity index (χ1n) is 7.15. The molecule has 2 rings (SSSR count). The van der Waals surface area contributed by atoms with Crippen LogP contribution in [0.3, 0.4) is 0 Å². The average Bonchev–Trinajstić information content (AvgIpc) is 2.59. The van der Waals surface area contributed by atoms with Gasteiger partial charge in [0.25, 0.3) is 0 Å². The Hall–Kier alpha value is -2.28. The molecule has 154 valence electrons. The molecule has 2 aromatic rings. The third-order valence-electron chi connectivity index (χ3n) is 2.87. The summed E-state index contributed by atoms with van der Waals surface area (Å²) in [6.45, 7) is 0.